The van der Waals surface area contributed by atoms with Crippen molar-refractivity contribution in [3.05, 3.63) is 70.5 Å². The van der Waals surface area contributed by atoms with Gasteiger partial charge in [0.15, 0.2) is 5.16 Å². The number of aromatic nitrogens is 3. The van der Waals surface area contributed by atoms with E-state index in [1.165, 1.54) is 17.3 Å². The molecule has 1 heterocycles. The topological polar surface area (TPSA) is 59.8 Å². The van der Waals surface area contributed by atoms with Crippen molar-refractivity contribution in [1.82, 2.24) is 14.8 Å². The minimum Gasteiger partial charge on any atom is -0.325 e. The van der Waals surface area contributed by atoms with Gasteiger partial charge in [-0.15, -0.1) is 10.2 Å². The lowest BCUT2D eigenvalue weighted by atomic mass is 10.2. The maximum Gasteiger partial charge on any atom is 0.234 e. The Bertz CT molecular complexity index is 985. The van der Waals surface area contributed by atoms with E-state index in [1.54, 1.807) is 0 Å². The van der Waals surface area contributed by atoms with E-state index >= 15 is 0 Å². The van der Waals surface area contributed by atoms with Gasteiger partial charge in [0.2, 0.25) is 5.91 Å². The van der Waals surface area contributed by atoms with E-state index in [4.69, 9.17) is 11.6 Å². The third-order valence-electron chi connectivity index (χ3n) is 4.75. The van der Waals surface area contributed by atoms with Gasteiger partial charge in [0.25, 0.3) is 0 Å². The highest BCUT2D eigenvalue weighted by atomic mass is 35.5. The highest BCUT2D eigenvalue weighted by Crippen LogP contribution is 2.40. The Morgan fingerprint density at radius 2 is 1.96 bits per heavy atom. The zero-order chi connectivity index (χ0) is 19.5. The molecule has 4 rings (SSSR count). The molecule has 5 nitrogen and oxygen atoms in total. The van der Waals surface area contributed by atoms with Crippen LogP contribution in [0.25, 0.3) is 0 Å². The van der Waals surface area contributed by atoms with Gasteiger partial charge in [-0.1, -0.05) is 59.8 Å². The smallest absolute Gasteiger partial charge is 0.234 e. The molecule has 1 aromatic heterocycles. The Morgan fingerprint density at radius 1 is 1.18 bits per heavy atom. The van der Waals surface area contributed by atoms with Crippen LogP contribution in [0.4, 0.5) is 5.69 Å². The molecule has 0 bridgehead atoms. The Kier molecular flexibility index (Phi) is 5.69. The summed E-state index contributed by atoms with van der Waals surface area (Å²) < 4.78 is 2.15. The number of thioether (sulfide) groups is 1. The Labute approximate surface area is 173 Å². The van der Waals surface area contributed by atoms with E-state index in [0.717, 1.165) is 41.6 Å². The van der Waals surface area contributed by atoms with Crippen LogP contribution in [0, 0.1) is 6.92 Å². The molecule has 0 spiro atoms. The first-order chi connectivity index (χ1) is 13.6. The predicted octanol–water partition coefficient (Wildman–Crippen LogP) is 4.90. The van der Waals surface area contributed by atoms with Crippen molar-refractivity contribution >= 4 is 35.0 Å². The van der Waals surface area contributed by atoms with Crippen molar-refractivity contribution in [2.45, 2.75) is 37.4 Å². The second-order valence-corrected chi connectivity index (χ2v) is 8.29. The number of nitrogens with zero attached hydrogens (tertiary/aromatic N) is 3. The second kappa shape index (κ2) is 8.37. The van der Waals surface area contributed by atoms with E-state index in [0.29, 0.717) is 10.9 Å². The van der Waals surface area contributed by atoms with Gasteiger partial charge in [0.1, 0.15) is 5.82 Å². The van der Waals surface area contributed by atoms with Gasteiger partial charge < -0.3 is 9.88 Å². The molecule has 0 aliphatic heterocycles. The molecule has 0 radical (unpaired) electrons. The van der Waals surface area contributed by atoms with Crippen molar-refractivity contribution in [2.24, 2.45) is 0 Å². The fourth-order valence-electron chi connectivity index (χ4n) is 3.02. The fourth-order valence-corrected chi connectivity index (χ4v) is 3.94. The number of nitrogens with one attached hydrogen (secondary N) is 1. The minimum atomic E-state index is -0.0856. The normalized spacial score (nSPS) is 13.5. The van der Waals surface area contributed by atoms with Gasteiger partial charge in [0, 0.05) is 16.6 Å². The van der Waals surface area contributed by atoms with Crippen molar-refractivity contribution in [3.8, 4) is 0 Å². The van der Waals surface area contributed by atoms with E-state index in [9.17, 15) is 4.79 Å². The Hall–Kier alpha value is -2.31. The zero-order valence-corrected chi connectivity index (χ0v) is 17.1. The van der Waals surface area contributed by atoms with Crippen LogP contribution in [-0.4, -0.2) is 26.4 Å². The predicted molar refractivity (Wildman–Crippen MR) is 113 cm³/mol. The van der Waals surface area contributed by atoms with Crippen molar-refractivity contribution in [2.75, 3.05) is 11.1 Å². The number of carbonyl (C=O) groups excluding carboxylic acids is 1. The third-order valence-corrected chi connectivity index (χ3v) is 6.12. The summed E-state index contributed by atoms with van der Waals surface area (Å²) in [7, 11) is 0. The first kappa shape index (κ1) is 19.0. The van der Waals surface area contributed by atoms with Crippen LogP contribution >= 0.6 is 23.4 Å². The van der Waals surface area contributed by atoms with Gasteiger partial charge in [-0.25, -0.2) is 0 Å². The molecular formula is C21H21ClN4OS. The standard InChI is InChI=1S/C21H21ClN4OS/c1-14-17(22)8-5-9-18(14)23-19(27)13-28-21-25-24-20(16-10-11-16)26(21)12-15-6-3-2-4-7-15/h2-9,16H,10-13H2,1H3,(H,23,27). The molecular weight excluding hydrogens is 392 g/mol. The maximum absolute atomic E-state index is 12.4. The first-order valence-corrected chi connectivity index (χ1v) is 10.6. The average molecular weight is 413 g/mol. The maximum atomic E-state index is 12.4. The summed E-state index contributed by atoms with van der Waals surface area (Å²) in [5.74, 6) is 1.70. The number of anilines is 1. The second-order valence-electron chi connectivity index (χ2n) is 6.94. The number of hydrogen-bond acceptors (Lipinski definition) is 4. The average Bonchev–Trinajstić information content (AvgIpc) is 3.47. The van der Waals surface area contributed by atoms with Crippen LogP contribution in [0.5, 0.6) is 0 Å². The molecule has 144 valence electrons. The molecule has 0 saturated heterocycles. The Balaban J connectivity index is 1.46. The molecule has 28 heavy (non-hydrogen) atoms. The molecule has 1 N–H and O–H groups in total. The van der Waals surface area contributed by atoms with E-state index in [-0.39, 0.29) is 11.7 Å². The van der Waals surface area contributed by atoms with Gasteiger partial charge in [-0.3, -0.25) is 4.79 Å². The molecule has 1 aliphatic carbocycles. The molecule has 1 amide bonds. The minimum absolute atomic E-state index is 0.0856. The van der Waals surface area contributed by atoms with Crippen LogP contribution in [0.15, 0.2) is 53.7 Å². The molecule has 1 fully saturated rings. The SMILES string of the molecule is Cc1c(Cl)cccc1NC(=O)CSc1nnc(C2CC2)n1Cc1ccccc1. The lowest BCUT2D eigenvalue weighted by Crippen LogP contribution is -2.15. The number of halogens is 1. The summed E-state index contributed by atoms with van der Waals surface area (Å²) in [6, 6.07) is 15.8. The van der Waals surface area contributed by atoms with Crippen LogP contribution in [0.1, 0.15) is 35.7 Å². The molecule has 7 heteroatoms. The lowest BCUT2D eigenvalue weighted by Gasteiger charge is -2.11. The fraction of sp³-hybridized carbons (Fsp3) is 0.286. The van der Waals surface area contributed by atoms with Crippen LogP contribution in [0.3, 0.4) is 0 Å². The number of amides is 1. The molecule has 0 atom stereocenters. The highest BCUT2D eigenvalue weighted by Gasteiger charge is 2.30. The summed E-state index contributed by atoms with van der Waals surface area (Å²) in [4.78, 5) is 12.4. The van der Waals surface area contributed by atoms with E-state index in [2.05, 4.69) is 32.2 Å². The number of benzene rings is 2. The zero-order valence-electron chi connectivity index (χ0n) is 15.6. The molecule has 2 aromatic carbocycles. The summed E-state index contributed by atoms with van der Waals surface area (Å²) in [5.41, 5.74) is 2.80. The Morgan fingerprint density at radius 3 is 2.71 bits per heavy atom. The van der Waals surface area contributed by atoms with Crippen LogP contribution in [0.2, 0.25) is 5.02 Å². The van der Waals surface area contributed by atoms with Crippen molar-refractivity contribution < 1.29 is 4.79 Å². The van der Waals surface area contributed by atoms with Crippen LogP contribution in [-0.2, 0) is 11.3 Å². The molecule has 3 aromatic rings. The van der Waals surface area contributed by atoms with Gasteiger partial charge in [0.05, 0.1) is 12.3 Å². The number of hydrogen-bond donors (Lipinski definition) is 1. The molecule has 0 unspecified atom stereocenters. The molecule has 1 aliphatic rings. The monoisotopic (exact) mass is 412 g/mol. The quantitative estimate of drug-likeness (QED) is 0.561. The van der Waals surface area contributed by atoms with Crippen molar-refractivity contribution in [1.29, 1.82) is 0 Å². The number of rotatable bonds is 7. The molecule has 1 saturated carbocycles. The largest absolute Gasteiger partial charge is 0.325 e. The van der Waals surface area contributed by atoms with Crippen molar-refractivity contribution in [3.63, 3.8) is 0 Å². The lowest BCUT2D eigenvalue weighted by molar-refractivity contribution is -0.113. The van der Waals surface area contributed by atoms with Gasteiger partial charge in [-0.05, 0) is 43.0 Å². The van der Waals surface area contributed by atoms with E-state index in [1.807, 2.05) is 43.3 Å². The summed E-state index contributed by atoms with van der Waals surface area (Å²) >= 11 is 7.54. The van der Waals surface area contributed by atoms with E-state index < -0.39 is 0 Å². The first-order valence-electron chi connectivity index (χ1n) is 9.26. The third kappa shape index (κ3) is 4.39. The summed E-state index contributed by atoms with van der Waals surface area (Å²) in [6.45, 7) is 2.61. The summed E-state index contributed by atoms with van der Waals surface area (Å²) in [5, 5.41) is 13.1. The van der Waals surface area contributed by atoms with Gasteiger partial charge in [-0.2, -0.15) is 0 Å². The number of carbonyl (C=O) groups is 1. The van der Waals surface area contributed by atoms with Crippen LogP contribution < -0.4 is 5.32 Å². The highest BCUT2D eigenvalue weighted by molar-refractivity contribution is 7.99. The summed E-state index contributed by atoms with van der Waals surface area (Å²) in [6.07, 6.45) is 2.32. The van der Waals surface area contributed by atoms with Gasteiger partial charge >= 0.3 is 0 Å².